The maximum atomic E-state index is 9.01. The molecule has 0 aromatic carbocycles. The average Bonchev–Trinajstić information content (AvgIpc) is 2.92. The second-order valence-corrected chi connectivity index (χ2v) is 5.96. The molecule has 0 spiro atoms. The van der Waals surface area contributed by atoms with Crippen LogP contribution in [0.3, 0.4) is 0 Å². The van der Waals surface area contributed by atoms with E-state index in [1.807, 2.05) is 20.0 Å². The maximum Gasteiger partial charge on any atom is 0.191 e. The highest BCUT2D eigenvalue weighted by Crippen LogP contribution is 2.13. The first-order chi connectivity index (χ1) is 9.69. The molecule has 20 heavy (non-hydrogen) atoms. The van der Waals surface area contributed by atoms with E-state index >= 15 is 0 Å². The van der Waals surface area contributed by atoms with E-state index in [4.69, 9.17) is 5.11 Å². The zero-order valence-corrected chi connectivity index (χ0v) is 13.5. The summed E-state index contributed by atoms with van der Waals surface area (Å²) in [5.41, 5.74) is 0. The van der Waals surface area contributed by atoms with Gasteiger partial charge in [0.05, 0.1) is 5.01 Å². The molecule has 1 aromatic rings. The molecular formula is C14H26N4OS. The van der Waals surface area contributed by atoms with Crippen LogP contribution in [0.5, 0.6) is 0 Å². The first-order valence-electron chi connectivity index (χ1n) is 7.26. The zero-order chi connectivity index (χ0) is 14.8. The molecule has 0 radical (unpaired) electrons. The Labute approximate surface area is 125 Å². The Hall–Kier alpha value is -1.14. The Morgan fingerprint density at radius 2 is 2.25 bits per heavy atom. The van der Waals surface area contributed by atoms with Crippen LogP contribution in [0.1, 0.15) is 30.7 Å². The van der Waals surface area contributed by atoms with Crippen molar-refractivity contribution in [3.05, 3.63) is 16.1 Å². The van der Waals surface area contributed by atoms with Crippen LogP contribution in [0.4, 0.5) is 0 Å². The molecule has 1 heterocycles. The molecule has 0 saturated heterocycles. The molecule has 0 fully saturated rings. The van der Waals surface area contributed by atoms with Gasteiger partial charge in [0.2, 0.25) is 0 Å². The van der Waals surface area contributed by atoms with Gasteiger partial charge in [-0.05, 0) is 19.3 Å². The minimum atomic E-state index is 0.168. The minimum Gasteiger partial charge on any atom is -0.396 e. The van der Waals surface area contributed by atoms with Crippen LogP contribution in [0.2, 0.25) is 0 Å². The van der Waals surface area contributed by atoms with Crippen LogP contribution >= 0.6 is 11.3 Å². The summed E-state index contributed by atoms with van der Waals surface area (Å²) in [4.78, 5) is 10.2. The number of aromatic nitrogens is 1. The van der Waals surface area contributed by atoms with Crippen LogP contribution in [0.25, 0.3) is 0 Å². The van der Waals surface area contributed by atoms with Crippen molar-refractivity contribution < 1.29 is 5.11 Å². The smallest absolute Gasteiger partial charge is 0.191 e. The molecule has 114 valence electrons. The number of nitrogens with one attached hydrogen (secondary N) is 2. The molecule has 5 nitrogen and oxygen atoms in total. The molecule has 0 amide bonds. The lowest BCUT2D eigenvalue weighted by Gasteiger charge is -2.11. The van der Waals surface area contributed by atoms with Crippen LogP contribution in [0, 0.1) is 5.92 Å². The molecule has 0 aliphatic heterocycles. The van der Waals surface area contributed by atoms with Gasteiger partial charge in [-0.3, -0.25) is 4.99 Å². The summed E-state index contributed by atoms with van der Waals surface area (Å²) in [7, 11) is 0. The van der Waals surface area contributed by atoms with Gasteiger partial charge in [0.25, 0.3) is 0 Å². The maximum absolute atomic E-state index is 9.01. The van der Waals surface area contributed by atoms with Crippen molar-refractivity contribution in [3.8, 4) is 0 Å². The van der Waals surface area contributed by atoms with Crippen molar-refractivity contribution in [2.45, 2.75) is 33.6 Å². The first-order valence-corrected chi connectivity index (χ1v) is 8.07. The predicted octanol–water partition coefficient (Wildman–Crippen LogP) is 1.43. The summed E-state index contributed by atoms with van der Waals surface area (Å²) >= 11 is 1.78. The van der Waals surface area contributed by atoms with E-state index in [-0.39, 0.29) is 12.5 Å². The van der Waals surface area contributed by atoms with Gasteiger partial charge < -0.3 is 15.7 Å². The SMILES string of the molecule is CCNC(=NCC(C)CO)NCCc1ncc(CC)s1. The zero-order valence-electron chi connectivity index (χ0n) is 12.6. The summed E-state index contributed by atoms with van der Waals surface area (Å²) < 4.78 is 0. The number of hydrogen-bond acceptors (Lipinski definition) is 4. The Kier molecular flexibility index (Phi) is 8.22. The fourth-order valence-electron chi connectivity index (χ4n) is 1.56. The number of guanidine groups is 1. The van der Waals surface area contributed by atoms with Gasteiger partial charge in [0, 0.05) is 43.7 Å². The Bertz CT molecular complexity index is 406. The number of aliphatic imine (C=N–C) groups is 1. The van der Waals surface area contributed by atoms with Crippen LogP contribution in [-0.4, -0.2) is 42.3 Å². The Morgan fingerprint density at radius 1 is 1.45 bits per heavy atom. The molecule has 0 bridgehead atoms. The minimum absolute atomic E-state index is 0.168. The Balaban J connectivity index is 2.38. The highest BCUT2D eigenvalue weighted by Gasteiger charge is 2.03. The van der Waals surface area contributed by atoms with Crippen molar-refractivity contribution in [1.82, 2.24) is 15.6 Å². The van der Waals surface area contributed by atoms with Gasteiger partial charge in [-0.2, -0.15) is 0 Å². The molecule has 0 aliphatic carbocycles. The van der Waals surface area contributed by atoms with Gasteiger partial charge >= 0.3 is 0 Å². The van der Waals surface area contributed by atoms with Crippen LogP contribution in [0.15, 0.2) is 11.2 Å². The molecule has 1 unspecified atom stereocenters. The topological polar surface area (TPSA) is 69.5 Å². The summed E-state index contributed by atoms with van der Waals surface area (Å²) in [6, 6.07) is 0. The third-order valence-electron chi connectivity index (χ3n) is 2.80. The van der Waals surface area contributed by atoms with E-state index in [0.717, 1.165) is 36.9 Å². The lowest BCUT2D eigenvalue weighted by atomic mass is 10.2. The highest BCUT2D eigenvalue weighted by molar-refractivity contribution is 7.11. The molecule has 1 rings (SSSR count). The normalized spacial score (nSPS) is 13.3. The van der Waals surface area contributed by atoms with Crippen LogP contribution in [-0.2, 0) is 12.8 Å². The number of hydrogen-bond donors (Lipinski definition) is 3. The van der Waals surface area contributed by atoms with E-state index in [1.165, 1.54) is 4.88 Å². The summed E-state index contributed by atoms with van der Waals surface area (Å²) in [5, 5.41) is 16.7. The molecule has 0 saturated carbocycles. The van der Waals surface area contributed by atoms with Gasteiger partial charge in [-0.15, -0.1) is 11.3 Å². The lowest BCUT2D eigenvalue weighted by Crippen LogP contribution is -2.38. The van der Waals surface area contributed by atoms with Gasteiger partial charge in [0.1, 0.15) is 0 Å². The standard InChI is InChI=1S/C14H26N4OS/c1-4-12-9-17-13(20-12)6-7-16-14(15-5-2)18-8-11(3)10-19/h9,11,19H,4-8,10H2,1-3H3,(H2,15,16,18). The summed E-state index contributed by atoms with van der Waals surface area (Å²) in [5.74, 6) is 0.997. The number of aliphatic hydroxyl groups is 1. The van der Waals surface area contributed by atoms with E-state index in [2.05, 4.69) is 27.5 Å². The molecule has 6 heteroatoms. The van der Waals surface area contributed by atoms with Gasteiger partial charge in [-0.1, -0.05) is 13.8 Å². The van der Waals surface area contributed by atoms with E-state index < -0.39 is 0 Å². The number of aliphatic hydroxyl groups excluding tert-OH is 1. The largest absolute Gasteiger partial charge is 0.396 e. The number of nitrogens with zero attached hydrogens (tertiary/aromatic N) is 2. The van der Waals surface area contributed by atoms with Crippen LogP contribution < -0.4 is 10.6 Å². The second kappa shape index (κ2) is 9.72. The van der Waals surface area contributed by atoms with Crippen molar-refractivity contribution in [2.24, 2.45) is 10.9 Å². The third kappa shape index (κ3) is 6.34. The second-order valence-electron chi connectivity index (χ2n) is 4.76. The van der Waals surface area contributed by atoms with Crippen molar-refractivity contribution in [3.63, 3.8) is 0 Å². The number of thiazole rings is 1. The fourth-order valence-corrected chi connectivity index (χ4v) is 2.42. The summed E-state index contributed by atoms with van der Waals surface area (Å²) in [6.07, 6.45) is 3.92. The summed E-state index contributed by atoms with van der Waals surface area (Å²) in [6.45, 7) is 8.61. The molecule has 1 aromatic heterocycles. The molecular weight excluding hydrogens is 272 g/mol. The van der Waals surface area contributed by atoms with E-state index in [0.29, 0.717) is 6.54 Å². The third-order valence-corrected chi connectivity index (χ3v) is 4.00. The number of rotatable bonds is 8. The van der Waals surface area contributed by atoms with Crippen molar-refractivity contribution in [1.29, 1.82) is 0 Å². The predicted molar refractivity (Wildman–Crippen MR) is 85.4 cm³/mol. The molecule has 1 atom stereocenters. The lowest BCUT2D eigenvalue weighted by molar-refractivity contribution is 0.241. The average molecular weight is 298 g/mol. The first kappa shape index (κ1) is 16.9. The monoisotopic (exact) mass is 298 g/mol. The van der Waals surface area contributed by atoms with Crippen molar-refractivity contribution in [2.75, 3.05) is 26.2 Å². The molecule has 3 N–H and O–H groups in total. The van der Waals surface area contributed by atoms with Gasteiger partial charge in [-0.25, -0.2) is 4.98 Å². The van der Waals surface area contributed by atoms with Gasteiger partial charge in [0.15, 0.2) is 5.96 Å². The highest BCUT2D eigenvalue weighted by atomic mass is 32.1. The fraction of sp³-hybridized carbons (Fsp3) is 0.714. The van der Waals surface area contributed by atoms with Crippen molar-refractivity contribution >= 4 is 17.3 Å². The number of aryl methyl sites for hydroxylation is 1. The van der Waals surface area contributed by atoms with E-state index in [1.54, 1.807) is 11.3 Å². The van der Waals surface area contributed by atoms with E-state index in [9.17, 15) is 0 Å². The Morgan fingerprint density at radius 3 is 2.85 bits per heavy atom. The quantitative estimate of drug-likeness (QED) is 0.502. The molecule has 0 aliphatic rings.